The number of rotatable bonds is 3. The summed E-state index contributed by atoms with van der Waals surface area (Å²) in [6.45, 7) is 0. The lowest BCUT2D eigenvalue weighted by Crippen LogP contribution is -2.16. The highest BCUT2D eigenvalue weighted by Gasteiger charge is 2.13. The van der Waals surface area contributed by atoms with Crippen LogP contribution in [0.15, 0.2) is 36.4 Å². The van der Waals surface area contributed by atoms with Gasteiger partial charge >= 0.3 is 5.97 Å². The second-order valence-electron chi connectivity index (χ2n) is 3.98. The van der Waals surface area contributed by atoms with Crippen molar-refractivity contribution in [2.45, 2.75) is 0 Å². The summed E-state index contributed by atoms with van der Waals surface area (Å²) in [7, 11) is 1.24. The Morgan fingerprint density at radius 2 is 1.81 bits per heavy atom. The zero-order valence-corrected chi connectivity index (χ0v) is 12.4. The molecule has 0 unspecified atom stereocenters. The van der Waals surface area contributed by atoms with Gasteiger partial charge in [-0.05, 0) is 30.3 Å². The first-order valence-electron chi connectivity index (χ1n) is 5.83. The van der Waals surface area contributed by atoms with Crippen LogP contribution in [0.3, 0.4) is 0 Å². The van der Waals surface area contributed by atoms with Crippen molar-refractivity contribution in [2.75, 3.05) is 12.4 Å². The molecular weight excluding hydrogens is 315 g/mol. The van der Waals surface area contributed by atoms with E-state index in [9.17, 15) is 9.59 Å². The largest absolute Gasteiger partial charge is 0.464 e. The van der Waals surface area contributed by atoms with Gasteiger partial charge in [-0.2, -0.15) is 0 Å². The molecule has 5 nitrogen and oxygen atoms in total. The maximum absolute atomic E-state index is 12.1. The molecule has 1 N–H and O–H groups in total. The van der Waals surface area contributed by atoms with Crippen molar-refractivity contribution in [2.24, 2.45) is 0 Å². The van der Waals surface area contributed by atoms with Crippen molar-refractivity contribution in [3.63, 3.8) is 0 Å². The Morgan fingerprint density at radius 1 is 1.10 bits per heavy atom. The Hall–Kier alpha value is -2.11. The average molecular weight is 325 g/mol. The predicted octanol–water partition coefficient (Wildman–Crippen LogP) is 3.43. The summed E-state index contributed by atoms with van der Waals surface area (Å²) >= 11 is 11.7. The molecule has 0 saturated heterocycles. The van der Waals surface area contributed by atoms with Crippen LogP contribution in [0.2, 0.25) is 10.0 Å². The summed E-state index contributed by atoms with van der Waals surface area (Å²) in [5.41, 5.74) is 0.614. The van der Waals surface area contributed by atoms with Crippen LogP contribution in [0.4, 0.5) is 5.69 Å². The van der Waals surface area contributed by atoms with Gasteiger partial charge in [0.1, 0.15) is 11.4 Å². The van der Waals surface area contributed by atoms with Crippen molar-refractivity contribution < 1.29 is 14.3 Å². The van der Waals surface area contributed by atoms with Crippen LogP contribution in [0, 0.1) is 0 Å². The van der Waals surface area contributed by atoms with Crippen molar-refractivity contribution in [3.05, 3.63) is 57.8 Å². The summed E-state index contributed by atoms with van der Waals surface area (Å²) in [4.78, 5) is 27.4. The number of methoxy groups -OCH3 is 1. The van der Waals surface area contributed by atoms with E-state index >= 15 is 0 Å². The molecule has 0 bridgehead atoms. The van der Waals surface area contributed by atoms with Gasteiger partial charge in [0.2, 0.25) is 0 Å². The minimum atomic E-state index is -0.612. The van der Waals surface area contributed by atoms with Gasteiger partial charge in [-0.15, -0.1) is 0 Å². The smallest absolute Gasteiger partial charge is 0.356 e. The van der Waals surface area contributed by atoms with Crippen molar-refractivity contribution in [1.82, 2.24) is 4.98 Å². The van der Waals surface area contributed by atoms with Crippen LogP contribution < -0.4 is 5.32 Å². The molecule has 0 aliphatic carbocycles. The Morgan fingerprint density at radius 3 is 2.48 bits per heavy atom. The zero-order chi connectivity index (χ0) is 15.4. The van der Waals surface area contributed by atoms with E-state index in [1.165, 1.54) is 25.3 Å². The minimum Gasteiger partial charge on any atom is -0.464 e. The monoisotopic (exact) mass is 324 g/mol. The Kier molecular flexibility index (Phi) is 4.77. The number of anilines is 1. The Bertz CT molecular complexity index is 704. The van der Waals surface area contributed by atoms with E-state index < -0.39 is 11.9 Å². The van der Waals surface area contributed by atoms with Crippen LogP contribution in [0.1, 0.15) is 21.0 Å². The van der Waals surface area contributed by atoms with E-state index in [2.05, 4.69) is 15.0 Å². The van der Waals surface area contributed by atoms with Gasteiger partial charge in [-0.1, -0.05) is 29.3 Å². The second kappa shape index (κ2) is 6.56. The first-order chi connectivity index (χ1) is 10.0. The number of nitrogens with zero attached hydrogens (tertiary/aromatic N) is 1. The quantitative estimate of drug-likeness (QED) is 0.878. The predicted molar refractivity (Wildman–Crippen MR) is 80.0 cm³/mol. The molecule has 0 aliphatic heterocycles. The molecule has 2 rings (SSSR count). The third-order valence-electron chi connectivity index (χ3n) is 2.55. The number of halogens is 2. The fourth-order valence-electron chi connectivity index (χ4n) is 1.55. The van der Waals surface area contributed by atoms with E-state index in [1.807, 2.05) is 0 Å². The van der Waals surface area contributed by atoms with Crippen LogP contribution in [0.5, 0.6) is 0 Å². The maximum Gasteiger partial charge on any atom is 0.356 e. The number of hydrogen-bond donors (Lipinski definition) is 1. The number of pyridine rings is 1. The minimum absolute atomic E-state index is 0.0549. The Balaban J connectivity index is 2.20. The lowest BCUT2D eigenvalue weighted by Gasteiger charge is -2.06. The first-order valence-corrected chi connectivity index (χ1v) is 6.58. The molecule has 0 aliphatic rings. The lowest BCUT2D eigenvalue weighted by atomic mass is 10.2. The molecule has 0 radical (unpaired) electrons. The van der Waals surface area contributed by atoms with E-state index in [0.717, 1.165) is 0 Å². The molecule has 7 heteroatoms. The first kappa shape index (κ1) is 15.3. The average Bonchev–Trinajstić information content (AvgIpc) is 2.50. The third-order valence-corrected chi connectivity index (χ3v) is 3.29. The summed E-state index contributed by atoms with van der Waals surface area (Å²) in [6.07, 6.45) is 0. The molecule has 0 atom stereocenters. The fraction of sp³-hybridized carbons (Fsp3) is 0.0714. The number of carbonyl (C=O) groups is 2. The van der Waals surface area contributed by atoms with Crippen LogP contribution in [0.25, 0.3) is 0 Å². The van der Waals surface area contributed by atoms with E-state index in [-0.39, 0.29) is 11.4 Å². The topological polar surface area (TPSA) is 68.3 Å². The molecular formula is C14H10Cl2N2O3. The van der Waals surface area contributed by atoms with Crippen LogP contribution >= 0.6 is 23.2 Å². The highest BCUT2D eigenvalue weighted by molar-refractivity contribution is 6.42. The standard InChI is InChI=1S/C14H10Cl2N2O3/c1-21-14(20)12-4-2-3-11(18-12)13(19)17-8-5-6-9(15)10(16)7-8/h2-7H,1H3,(H,17,19). The lowest BCUT2D eigenvalue weighted by molar-refractivity contribution is 0.0594. The van der Waals surface area contributed by atoms with Gasteiger partial charge in [-0.3, -0.25) is 4.79 Å². The van der Waals surface area contributed by atoms with Gasteiger partial charge in [0.05, 0.1) is 17.2 Å². The van der Waals surface area contributed by atoms with Crippen molar-refractivity contribution >= 4 is 40.8 Å². The third kappa shape index (κ3) is 3.71. The molecule has 108 valence electrons. The highest BCUT2D eigenvalue weighted by Crippen LogP contribution is 2.25. The van der Waals surface area contributed by atoms with Crippen molar-refractivity contribution in [3.8, 4) is 0 Å². The molecule has 0 spiro atoms. The number of aromatic nitrogens is 1. The van der Waals surface area contributed by atoms with E-state index in [0.29, 0.717) is 15.7 Å². The van der Waals surface area contributed by atoms with E-state index in [4.69, 9.17) is 23.2 Å². The van der Waals surface area contributed by atoms with Gasteiger partial charge in [-0.25, -0.2) is 9.78 Å². The summed E-state index contributed by atoms with van der Waals surface area (Å²) in [6, 6.07) is 9.18. The molecule has 1 amide bonds. The van der Waals surface area contributed by atoms with Gasteiger partial charge in [0, 0.05) is 5.69 Å². The highest BCUT2D eigenvalue weighted by atomic mass is 35.5. The molecule has 1 heterocycles. The molecule has 0 saturated carbocycles. The normalized spacial score (nSPS) is 10.0. The van der Waals surface area contributed by atoms with Crippen LogP contribution in [-0.4, -0.2) is 24.0 Å². The number of carbonyl (C=O) groups excluding carboxylic acids is 2. The number of amides is 1. The van der Waals surface area contributed by atoms with Gasteiger partial charge in [0.15, 0.2) is 0 Å². The van der Waals surface area contributed by atoms with Gasteiger partial charge < -0.3 is 10.1 Å². The number of hydrogen-bond acceptors (Lipinski definition) is 4. The Labute approximate surface area is 130 Å². The van der Waals surface area contributed by atoms with E-state index in [1.54, 1.807) is 18.2 Å². The summed E-state index contributed by atoms with van der Waals surface area (Å²) < 4.78 is 4.55. The summed E-state index contributed by atoms with van der Waals surface area (Å²) in [5, 5.41) is 3.33. The molecule has 21 heavy (non-hydrogen) atoms. The van der Waals surface area contributed by atoms with Crippen molar-refractivity contribution in [1.29, 1.82) is 0 Å². The number of esters is 1. The maximum atomic E-state index is 12.1. The molecule has 1 aromatic heterocycles. The van der Waals surface area contributed by atoms with Crippen LogP contribution in [-0.2, 0) is 4.74 Å². The molecule has 0 fully saturated rings. The number of nitrogens with one attached hydrogen (secondary N) is 1. The number of ether oxygens (including phenoxy) is 1. The second-order valence-corrected chi connectivity index (χ2v) is 4.80. The van der Waals surface area contributed by atoms with Gasteiger partial charge in [0.25, 0.3) is 5.91 Å². The zero-order valence-electron chi connectivity index (χ0n) is 10.9. The molecule has 2 aromatic rings. The number of benzene rings is 1. The summed E-state index contributed by atoms with van der Waals surface area (Å²) in [5.74, 6) is -1.08. The fourth-order valence-corrected chi connectivity index (χ4v) is 1.85. The molecule has 1 aromatic carbocycles. The SMILES string of the molecule is COC(=O)c1cccc(C(=O)Nc2ccc(Cl)c(Cl)c2)n1.